The van der Waals surface area contributed by atoms with Crippen molar-refractivity contribution in [2.45, 2.75) is 30.6 Å². The average Bonchev–Trinajstić information content (AvgIpc) is 3.16. The highest BCUT2D eigenvalue weighted by Crippen LogP contribution is 2.33. The fourth-order valence-corrected chi connectivity index (χ4v) is 5.75. The molecule has 38 heavy (non-hydrogen) atoms. The SMILES string of the molecule is NS(=O)(=O)c1ccc(NC(=O)CCCCCN2C(=O)/C(=C/c3ccc(-c4ccccc4)cc3)SC2=S)cc1. The van der Waals surface area contributed by atoms with Crippen LogP contribution in [0.25, 0.3) is 17.2 Å². The summed E-state index contributed by atoms with van der Waals surface area (Å²) >= 11 is 6.75. The van der Waals surface area contributed by atoms with Crippen LogP contribution < -0.4 is 10.5 Å². The van der Waals surface area contributed by atoms with Crippen molar-refractivity contribution in [1.82, 2.24) is 4.90 Å². The predicted molar refractivity (Wildman–Crippen MR) is 157 cm³/mol. The van der Waals surface area contributed by atoms with Gasteiger partial charge < -0.3 is 5.32 Å². The summed E-state index contributed by atoms with van der Waals surface area (Å²) < 4.78 is 23.2. The Hall–Kier alpha value is -3.31. The van der Waals surface area contributed by atoms with Gasteiger partial charge in [0.25, 0.3) is 5.91 Å². The Balaban J connectivity index is 1.21. The van der Waals surface area contributed by atoms with E-state index in [2.05, 4.69) is 17.4 Å². The van der Waals surface area contributed by atoms with Gasteiger partial charge in [-0.2, -0.15) is 0 Å². The van der Waals surface area contributed by atoms with Crippen molar-refractivity contribution in [1.29, 1.82) is 0 Å². The van der Waals surface area contributed by atoms with E-state index in [9.17, 15) is 18.0 Å². The van der Waals surface area contributed by atoms with Crippen molar-refractivity contribution in [3.63, 3.8) is 0 Å². The molecule has 7 nitrogen and oxygen atoms in total. The molecule has 196 valence electrons. The number of anilines is 1. The van der Waals surface area contributed by atoms with Crippen LogP contribution in [0.15, 0.2) is 88.7 Å². The van der Waals surface area contributed by atoms with Crippen LogP contribution in [-0.2, 0) is 19.6 Å². The molecule has 10 heteroatoms. The summed E-state index contributed by atoms with van der Waals surface area (Å²) in [5.41, 5.74) is 3.70. The van der Waals surface area contributed by atoms with Gasteiger partial charge in [0, 0.05) is 18.7 Å². The van der Waals surface area contributed by atoms with Crippen molar-refractivity contribution < 1.29 is 18.0 Å². The first kappa shape index (κ1) is 27.7. The lowest BCUT2D eigenvalue weighted by Gasteiger charge is -2.14. The number of hydrogen-bond donors (Lipinski definition) is 2. The standard InChI is InChI=1S/C28H27N3O4S3/c29-38(34,35)24-16-14-23(15-17-24)30-26(32)9-5-2-6-18-31-27(33)25(37-28(31)36)19-20-10-12-22(13-11-20)21-7-3-1-4-8-21/h1,3-4,7-8,10-17,19H,2,5-6,9,18H2,(H,30,32)(H2,29,34,35)/b25-19-. The van der Waals surface area contributed by atoms with E-state index in [0.29, 0.717) is 34.3 Å². The minimum absolute atomic E-state index is 0.0120. The summed E-state index contributed by atoms with van der Waals surface area (Å²) in [5.74, 6) is -0.256. The molecule has 0 unspecified atom stereocenters. The lowest BCUT2D eigenvalue weighted by Crippen LogP contribution is -2.29. The fraction of sp³-hybridized carbons (Fsp3) is 0.179. The van der Waals surface area contributed by atoms with Crippen LogP contribution in [-0.4, -0.2) is 36.0 Å². The lowest BCUT2D eigenvalue weighted by molar-refractivity contribution is -0.122. The molecule has 3 aromatic rings. The molecule has 1 aliphatic rings. The van der Waals surface area contributed by atoms with Gasteiger partial charge >= 0.3 is 0 Å². The van der Waals surface area contributed by atoms with Crippen LogP contribution in [0.2, 0.25) is 0 Å². The molecule has 0 spiro atoms. The zero-order valence-electron chi connectivity index (χ0n) is 20.5. The third-order valence-corrected chi connectivity index (χ3v) is 8.25. The summed E-state index contributed by atoms with van der Waals surface area (Å²) in [6.07, 6.45) is 4.32. The number of thiocarbonyl (C=S) groups is 1. The van der Waals surface area contributed by atoms with Crippen LogP contribution in [0.5, 0.6) is 0 Å². The third kappa shape index (κ3) is 7.38. The van der Waals surface area contributed by atoms with E-state index in [1.54, 1.807) is 4.90 Å². The number of carbonyl (C=O) groups excluding carboxylic acids is 2. The summed E-state index contributed by atoms with van der Waals surface area (Å²) in [4.78, 5) is 27.3. The van der Waals surface area contributed by atoms with Crippen LogP contribution in [0.4, 0.5) is 5.69 Å². The molecule has 3 N–H and O–H groups in total. The molecule has 2 amide bonds. The van der Waals surface area contributed by atoms with Crippen LogP contribution >= 0.6 is 24.0 Å². The van der Waals surface area contributed by atoms with Gasteiger partial charge in [-0.05, 0) is 59.9 Å². The zero-order chi connectivity index (χ0) is 27.1. The molecule has 1 aliphatic heterocycles. The maximum atomic E-state index is 12.9. The fourth-order valence-electron chi connectivity index (χ4n) is 3.93. The smallest absolute Gasteiger partial charge is 0.266 e. The number of hydrogen-bond acceptors (Lipinski definition) is 6. The molecule has 0 aliphatic carbocycles. The Kier molecular flexibility index (Phi) is 9.11. The highest BCUT2D eigenvalue weighted by atomic mass is 32.2. The number of nitrogens with zero attached hydrogens (tertiary/aromatic N) is 1. The second kappa shape index (κ2) is 12.5. The summed E-state index contributed by atoms with van der Waals surface area (Å²) in [5, 5.41) is 7.82. The number of thioether (sulfide) groups is 1. The molecule has 4 rings (SSSR count). The van der Waals surface area contributed by atoms with Crippen molar-refractivity contribution in [2.24, 2.45) is 5.14 Å². The van der Waals surface area contributed by atoms with Crippen molar-refractivity contribution in [3.8, 4) is 11.1 Å². The molecular formula is C28H27N3O4S3. The topological polar surface area (TPSA) is 110 Å². The first-order valence-electron chi connectivity index (χ1n) is 12.0. The van der Waals surface area contributed by atoms with Crippen LogP contribution in [0.1, 0.15) is 31.2 Å². The van der Waals surface area contributed by atoms with E-state index >= 15 is 0 Å². The van der Waals surface area contributed by atoms with E-state index < -0.39 is 10.0 Å². The predicted octanol–water partition coefficient (Wildman–Crippen LogP) is 5.40. The number of nitrogens with one attached hydrogen (secondary N) is 1. The van der Waals surface area contributed by atoms with Gasteiger partial charge in [0.1, 0.15) is 4.32 Å². The zero-order valence-corrected chi connectivity index (χ0v) is 23.0. The van der Waals surface area contributed by atoms with E-state index in [4.69, 9.17) is 17.4 Å². The van der Waals surface area contributed by atoms with Gasteiger partial charge in [0.05, 0.1) is 9.80 Å². The quantitative estimate of drug-likeness (QED) is 0.194. The highest BCUT2D eigenvalue weighted by Gasteiger charge is 2.31. The molecule has 0 radical (unpaired) electrons. The van der Waals surface area contributed by atoms with E-state index in [1.807, 2.05) is 48.5 Å². The second-order valence-corrected chi connectivity index (χ2v) is 12.0. The number of sulfonamides is 1. The number of nitrogens with two attached hydrogens (primary N) is 1. The average molecular weight is 566 g/mol. The lowest BCUT2D eigenvalue weighted by atomic mass is 10.0. The Morgan fingerprint density at radius 1 is 0.921 bits per heavy atom. The Labute approximate surface area is 232 Å². The van der Waals surface area contributed by atoms with Crippen LogP contribution in [0.3, 0.4) is 0 Å². The van der Waals surface area contributed by atoms with Gasteiger partial charge in [0.15, 0.2) is 0 Å². The molecule has 3 aromatic carbocycles. The molecule has 0 atom stereocenters. The van der Waals surface area contributed by atoms with Gasteiger partial charge in [-0.15, -0.1) is 0 Å². The first-order chi connectivity index (χ1) is 18.2. The Morgan fingerprint density at radius 2 is 1.58 bits per heavy atom. The molecule has 0 saturated carbocycles. The maximum Gasteiger partial charge on any atom is 0.266 e. The monoisotopic (exact) mass is 565 g/mol. The number of rotatable bonds is 10. The number of primary sulfonamides is 1. The normalized spacial score (nSPS) is 14.8. The number of carbonyl (C=O) groups is 2. The van der Waals surface area contributed by atoms with Crippen molar-refractivity contribution in [3.05, 3.63) is 89.3 Å². The minimum atomic E-state index is -3.77. The number of amides is 2. The third-order valence-electron chi connectivity index (χ3n) is 5.94. The van der Waals surface area contributed by atoms with Crippen molar-refractivity contribution >= 4 is 61.9 Å². The molecular weight excluding hydrogens is 539 g/mol. The summed E-state index contributed by atoms with van der Waals surface area (Å²) in [6.45, 7) is 0.506. The largest absolute Gasteiger partial charge is 0.326 e. The van der Waals surface area contributed by atoms with Gasteiger partial charge in [-0.3, -0.25) is 14.5 Å². The van der Waals surface area contributed by atoms with E-state index in [0.717, 1.165) is 29.5 Å². The molecule has 1 heterocycles. The summed E-state index contributed by atoms with van der Waals surface area (Å²) in [6, 6.07) is 23.9. The highest BCUT2D eigenvalue weighted by molar-refractivity contribution is 8.26. The maximum absolute atomic E-state index is 12.9. The minimum Gasteiger partial charge on any atom is -0.326 e. The number of unbranched alkanes of at least 4 members (excludes halogenated alkanes) is 2. The Bertz CT molecular complexity index is 1450. The molecule has 1 fully saturated rings. The second-order valence-electron chi connectivity index (χ2n) is 8.75. The first-order valence-corrected chi connectivity index (χ1v) is 14.8. The number of benzene rings is 3. The van der Waals surface area contributed by atoms with Crippen molar-refractivity contribution in [2.75, 3.05) is 11.9 Å². The van der Waals surface area contributed by atoms with Gasteiger partial charge in [0.2, 0.25) is 15.9 Å². The van der Waals surface area contributed by atoms with Gasteiger partial charge in [-0.25, -0.2) is 13.6 Å². The molecule has 1 saturated heterocycles. The molecule has 0 bridgehead atoms. The van der Waals surface area contributed by atoms with Crippen LogP contribution in [0, 0.1) is 0 Å². The Morgan fingerprint density at radius 3 is 2.24 bits per heavy atom. The summed E-state index contributed by atoms with van der Waals surface area (Å²) in [7, 11) is -3.77. The molecule has 0 aromatic heterocycles. The van der Waals surface area contributed by atoms with Gasteiger partial charge in [-0.1, -0.05) is 85.0 Å². The van der Waals surface area contributed by atoms with E-state index in [1.165, 1.54) is 36.0 Å². The van der Waals surface area contributed by atoms with E-state index in [-0.39, 0.29) is 16.7 Å².